The van der Waals surface area contributed by atoms with Gasteiger partial charge in [-0.2, -0.15) is 0 Å². The smallest absolute Gasteiger partial charge is 0.268 e. The first kappa shape index (κ1) is 14.4. The zero-order valence-corrected chi connectivity index (χ0v) is 11.6. The molecule has 1 amide bonds. The van der Waals surface area contributed by atoms with E-state index in [2.05, 4.69) is 5.43 Å². The van der Waals surface area contributed by atoms with Crippen LogP contribution >= 0.6 is 11.6 Å². The SMILES string of the molecule is NNC(=O)c1cc(Cl)ccc1OCCc1ccccc1. The largest absolute Gasteiger partial charge is 0.492 e. The van der Waals surface area contributed by atoms with Crippen LogP contribution in [0.3, 0.4) is 0 Å². The number of carbonyl (C=O) groups excluding carboxylic acids is 1. The molecule has 5 heteroatoms. The maximum atomic E-state index is 11.6. The third-order valence-electron chi connectivity index (χ3n) is 2.81. The van der Waals surface area contributed by atoms with Crippen LogP contribution in [0.15, 0.2) is 48.5 Å². The molecule has 20 heavy (non-hydrogen) atoms. The molecule has 2 rings (SSSR count). The second-order valence-electron chi connectivity index (χ2n) is 4.20. The number of ether oxygens (including phenoxy) is 1. The molecule has 0 bridgehead atoms. The summed E-state index contributed by atoms with van der Waals surface area (Å²) in [4.78, 5) is 11.6. The van der Waals surface area contributed by atoms with Crippen LogP contribution < -0.4 is 16.0 Å². The van der Waals surface area contributed by atoms with Crippen molar-refractivity contribution in [2.45, 2.75) is 6.42 Å². The topological polar surface area (TPSA) is 64.3 Å². The van der Waals surface area contributed by atoms with E-state index in [0.717, 1.165) is 6.42 Å². The Morgan fingerprint density at radius 1 is 1.20 bits per heavy atom. The summed E-state index contributed by atoms with van der Waals surface area (Å²) in [5.74, 6) is 5.18. The average molecular weight is 291 g/mol. The quantitative estimate of drug-likeness (QED) is 0.505. The molecule has 0 aliphatic rings. The molecule has 104 valence electrons. The molecule has 3 N–H and O–H groups in total. The summed E-state index contributed by atoms with van der Waals surface area (Å²) < 4.78 is 5.64. The van der Waals surface area contributed by atoms with Crippen LogP contribution in [0.2, 0.25) is 5.02 Å². The third kappa shape index (κ3) is 3.73. The van der Waals surface area contributed by atoms with Crippen LogP contribution in [-0.2, 0) is 6.42 Å². The van der Waals surface area contributed by atoms with E-state index in [-0.39, 0.29) is 0 Å². The van der Waals surface area contributed by atoms with Gasteiger partial charge in [0.1, 0.15) is 5.75 Å². The van der Waals surface area contributed by atoms with Gasteiger partial charge >= 0.3 is 0 Å². The number of rotatable bonds is 5. The normalized spacial score (nSPS) is 10.1. The van der Waals surface area contributed by atoms with E-state index < -0.39 is 5.91 Å². The zero-order valence-electron chi connectivity index (χ0n) is 10.8. The number of hydrazine groups is 1. The van der Waals surface area contributed by atoms with E-state index in [1.807, 2.05) is 30.3 Å². The molecule has 0 heterocycles. The standard InChI is InChI=1S/C15H15ClN2O2/c16-12-6-7-14(13(10-12)15(19)18-17)20-9-8-11-4-2-1-3-5-11/h1-7,10H,8-9,17H2,(H,18,19). The number of carbonyl (C=O) groups is 1. The van der Waals surface area contributed by atoms with Gasteiger partial charge in [0, 0.05) is 11.4 Å². The lowest BCUT2D eigenvalue weighted by Crippen LogP contribution is -2.30. The Balaban J connectivity index is 2.04. The number of nitrogens with two attached hydrogens (primary N) is 1. The lowest BCUT2D eigenvalue weighted by molar-refractivity contribution is 0.0949. The highest BCUT2D eigenvalue weighted by atomic mass is 35.5. The first-order valence-electron chi connectivity index (χ1n) is 6.18. The number of nitrogens with one attached hydrogen (secondary N) is 1. The minimum atomic E-state index is -0.429. The summed E-state index contributed by atoms with van der Waals surface area (Å²) in [6.45, 7) is 0.469. The van der Waals surface area contributed by atoms with Crippen LogP contribution in [0.25, 0.3) is 0 Å². The Morgan fingerprint density at radius 2 is 1.95 bits per heavy atom. The van der Waals surface area contributed by atoms with E-state index in [9.17, 15) is 4.79 Å². The molecule has 0 saturated heterocycles. The van der Waals surface area contributed by atoms with Gasteiger partial charge in [-0.15, -0.1) is 0 Å². The van der Waals surface area contributed by atoms with Crippen molar-refractivity contribution < 1.29 is 9.53 Å². The first-order valence-corrected chi connectivity index (χ1v) is 6.55. The predicted octanol–water partition coefficient (Wildman–Crippen LogP) is 2.57. The summed E-state index contributed by atoms with van der Waals surface area (Å²) in [5.41, 5.74) is 3.58. The van der Waals surface area contributed by atoms with Gasteiger partial charge < -0.3 is 4.74 Å². The molecule has 0 aliphatic heterocycles. The molecular weight excluding hydrogens is 276 g/mol. The summed E-state index contributed by atoms with van der Waals surface area (Å²) in [6, 6.07) is 14.8. The molecule has 0 aromatic heterocycles. The number of nitrogen functional groups attached to an aromatic ring is 1. The van der Waals surface area contributed by atoms with Crippen LogP contribution in [0, 0.1) is 0 Å². The molecule has 0 fully saturated rings. The van der Waals surface area contributed by atoms with Crippen LogP contribution in [0.5, 0.6) is 5.75 Å². The minimum absolute atomic E-state index is 0.327. The first-order chi connectivity index (χ1) is 9.70. The lowest BCUT2D eigenvalue weighted by atomic mass is 10.1. The summed E-state index contributed by atoms with van der Waals surface area (Å²) in [7, 11) is 0. The summed E-state index contributed by atoms with van der Waals surface area (Å²) >= 11 is 5.87. The van der Waals surface area contributed by atoms with Crippen LogP contribution in [0.1, 0.15) is 15.9 Å². The zero-order chi connectivity index (χ0) is 14.4. The number of hydrogen-bond acceptors (Lipinski definition) is 3. The van der Waals surface area contributed by atoms with Gasteiger partial charge in [0.25, 0.3) is 5.91 Å². The van der Waals surface area contributed by atoms with E-state index in [4.69, 9.17) is 22.2 Å². The highest BCUT2D eigenvalue weighted by molar-refractivity contribution is 6.31. The Labute approximate surface area is 122 Å². The van der Waals surface area contributed by atoms with Gasteiger partial charge in [-0.25, -0.2) is 5.84 Å². The second-order valence-corrected chi connectivity index (χ2v) is 4.63. The second kappa shape index (κ2) is 6.93. The Bertz CT molecular complexity index is 588. The summed E-state index contributed by atoms with van der Waals surface area (Å²) in [6.07, 6.45) is 0.757. The third-order valence-corrected chi connectivity index (χ3v) is 3.04. The lowest BCUT2D eigenvalue weighted by Gasteiger charge is -2.11. The van der Waals surface area contributed by atoms with Crippen molar-refractivity contribution >= 4 is 17.5 Å². The molecule has 0 radical (unpaired) electrons. The van der Waals surface area contributed by atoms with Crippen molar-refractivity contribution in [3.8, 4) is 5.75 Å². The van der Waals surface area contributed by atoms with E-state index >= 15 is 0 Å². The monoisotopic (exact) mass is 290 g/mol. The minimum Gasteiger partial charge on any atom is -0.492 e. The van der Waals surface area contributed by atoms with Gasteiger partial charge in [0.2, 0.25) is 0 Å². The molecular formula is C15H15ClN2O2. The number of hydrogen-bond donors (Lipinski definition) is 2. The van der Waals surface area contributed by atoms with E-state index in [0.29, 0.717) is 22.9 Å². The molecule has 0 atom stereocenters. The maximum absolute atomic E-state index is 11.6. The highest BCUT2D eigenvalue weighted by Gasteiger charge is 2.12. The van der Waals surface area contributed by atoms with Crippen molar-refractivity contribution in [1.29, 1.82) is 0 Å². The molecule has 2 aromatic rings. The number of halogens is 1. The molecule has 2 aromatic carbocycles. The van der Waals surface area contributed by atoms with E-state index in [1.54, 1.807) is 12.1 Å². The fourth-order valence-electron chi connectivity index (χ4n) is 1.81. The highest BCUT2D eigenvalue weighted by Crippen LogP contribution is 2.23. The predicted molar refractivity (Wildman–Crippen MR) is 78.7 cm³/mol. The van der Waals surface area contributed by atoms with Gasteiger partial charge in [-0.3, -0.25) is 10.2 Å². The van der Waals surface area contributed by atoms with Gasteiger partial charge in [-0.1, -0.05) is 41.9 Å². The van der Waals surface area contributed by atoms with Gasteiger partial charge in [0.05, 0.1) is 12.2 Å². The maximum Gasteiger partial charge on any atom is 0.268 e. The van der Waals surface area contributed by atoms with Crippen LogP contribution in [-0.4, -0.2) is 12.5 Å². The number of benzene rings is 2. The molecule has 0 spiro atoms. The fraction of sp³-hybridized carbons (Fsp3) is 0.133. The van der Waals surface area contributed by atoms with Crippen molar-refractivity contribution in [2.24, 2.45) is 5.84 Å². The Kier molecular flexibility index (Phi) is 4.98. The molecule has 0 aliphatic carbocycles. The van der Waals surface area contributed by atoms with Crippen molar-refractivity contribution in [3.05, 3.63) is 64.7 Å². The Morgan fingerprint density at radius 3 is 2.65 bits per heavy atom. The fourth-order valence-corrected chi connectivity index (χ4v) is 1.98. The van der Waals surface area contributed by atoms with Gasteiger partial charge in [-0.05, 0) is 23.8 Å². The number of amides is 1. The molecule has 4 nitrogen and oxygen atoms in total. The summed E-state index contributed by atoms with van der Waals surface area (Å²) in [5, 5.41) is 0.457. The van der Waals surface area contributed by atoms with Crippen LogP contribution in [0.4, 0.5) is 0 Å². The van der Waals surface area contributed by atoms with Crippen molar-refractivity contribution in [1.82, 2.24) is 5.43 Å². The average Bonchev–Trinajstić information content (AvgIpc) is 2.49. The van der Waals surface area contributed by atoms with Crippen molar-refractivity contribution in [2.75, 3.05) is 6.61 Å². The van der Waals surface area contributed by atoms with Crippen molar-refractivity contribution in [3.63, 3.8) is 0 Å². The molecule has 0 unspecified atom stereocenters. The van der Waals surface area contributed by atoms with Gasteiger partial charge in [0.15, 0.2) is 0 Å². The van der Waals surface area contributed by atoms with E-state index in [1.165, 1.54) is 11.6 Å². The molecule has 0 saturated carbocycles. The Hall–Kier alpha value is -2.04.